The molecule has 4 aromatic rings. The predicted molar refractivity (Wildman–Crippen MR) is 136 cm³/mol. The summed E-state index contributed by atoms with van der Waals surface area (Å²) in [5.74, 6) is 1.01. The van der Waals surface area contributed by atoms with Gasteiger partial charge in [-0.3, -0.25) is 14.2 Å². The Morgan fingerprint density at radius 3 is 2.31 bits per heavy atom. The lowest BCUT2D eigenvalue weighted by atomic mass is 10.2. The minimum absolute atomic E-state index is 0.119. The highest BCUT2D eigenvalue weighted by Crippen LogP contribution is 2.21. The summed E-state index contributed by atoms with van der Waals surface area (Å²) in [4.78, 5) is 24.7. The number of benzene rings is 3. The molecule has 1 amide bonds. The zero-order chi connectivity index (χ0) is 24.5. The third kappa shape index (κ3) is 7.28. The van der Waals surface area contributed by atoms with Gasteiger partial charge in [0.25, 0.3) is 0 Å². The van der Waals surface area contributed by atoms with E-state index >= 15 is 0 Å². The number of Topliss-reactive ketones (excluding diaryl/α,β-unsaturated/α-hetero) is 1. The van der Waals surface area contributed by atoms with Gasteiger partial charge in [0.05, 0.1) is 18.7 Å². The molecule has 7 nitrogen and oxygen atoms in total. The Kier molecular flexibility index (Phi) is 8.30. The van der Waals surface area contributed by atoms with Crippen molar-refractivity contribution in [2.24, 2.45) is 0 Å². The molecule has 0 spiro atoms. The number of thioether (sulfide) groups is 1. The molecule has 0 aliphatic carbocycles. The first-order valence-corrected chi connectivity index (χ1v) is 12.2. The van der Waals surface area contributed by atoms with E-state index in [4.69, 9.17) is 4.74 Å². The van der Waals surface area contributed by atoms with Crippen LogP contribution in [-0.2, 0) is 22.7 Å². The first-order chi connectivity index (χ1) is 17.1. The molecule has 1 heterocycles. The van der Waals surface area contributed by atoms with E-state index in [0.29, 0.717) is 23.2 Å². The zero-order valence-electron chi connectivity index (χ0n) is 19.4. The lowest BCUT2D eigenvalue weighted by molar-refractivity contribution is -0.123. The molecular formula is C27H26N4O3S. The second kappa shape index (κ2) is 12.0. The van der Waals surface area contributed by atoms with Gasteiger partial charge in [0.1, 0.15) is 12.4 Å². The molecule has 178 valence electrons. The number of nitrogens with one attached hydrogen (secondary N) is 1. The molecule has 1 aromatic heterocycles. The van der Waals surface area contributed by atoms with E-state index in [-0.39, 0.29) is 30.5 Å². The lowest BCUT2D eigenvalue weighted by Gasteiger charge is -2.11. The molecule has 0 saturated carbocycles. The van der Waals surface area contributed by atoms with Crippen LogP contribution in [0, 0.1) is 6.92 Å². The third-order valence-electron chi connectivity index (χ3n) is 5.14. The van der Waals surface area contributed by atoms with Crippen molar-refractivity contribution in [3.05, 3.63) is 102 Å². The van der Waals surface area contributed by atoms with E-state index < -0.39 is 0 Å². The number of aryl methyl sites for hydroxylation is 1. The highest BCUT2D eigenvalue weighted by molar-refractivity contribution is 7.99. The smallest absolute Gasteiger partial charge is 0.231 e. The first-order valence-electron chi connectivity index (χ1n) is 11.2. The quantitative estimate of drug-likeness (QED) is 0.240. The SMILES string of the molecule is Cc1ccc(OCc2nnc(SCC(=O)CC(=O)Nc3ccccc3)n2Cc2ccccc2)cc1. The molecule has 0 saturated heterocycles. The summed E-state index contributed by atoms with van der Waals surface area (Å²) < 4.78 is 7.87. The van der Waals surface area contributed by atoms with Gasteiger partial charge in [-0.25, -0.2) is 0 Å². The van der Waals surface area contributed by atoms with Crippen molar-refractivity contribution in [3.8, 4) is 5.75 Å². The standard InChI is InChI=1S/C27H26N4O3S/c1-20-12-14-24(15-13-20)34-18-25-29-30-27(31(25)17-21-8-4-2-5-9-21)35-19-23(32)16-26(33)28-22-10-6-3-7-11-22/h2-15H,16-19H2,1H3,(H,28,33). The summed E-state index contributed by atoms with van der Waals surface area (Å²) in [6, 6.07) is 26.9. The average Bonchev–Trinajstić information content (AvgIpc) is 3.24. The number of rotatable bonds is 11. The van der Waals surface area contributed by atoms with Crippen molar-refractivity contribution < 1.29 is 14.3 Å². The van der Waals surface area contributed by atoms with E-state index in [1.807, 2.05) is 84.3 Å². The number of carbonyl (C=O) groups is 2. The molecule has 0 aliphatic heterocycles. The van der Waals surface area contributed by atoms with Gasteiger partial charge in [-0.05, 0) is 36.8 Å². The Bertz CT molecular complexity index is 1260. The van der Waals surface area contributed by atoms with Crippen LogP contribution in [0.15, 0.2) is 90.1 Å². The van der Waals surface area contributed by atoms with E-state index in [0.717, 1.165) is 16.9 Å². The van der Waals surface area contributed by atoms with Gasteiger partial charge in [0.2, 0.25) is 5.91 Å². The summed E-state index contributed by atoms with van der Waals surface area (Å²) >= 11 is 1.27. The number of ketones is 1. The maximum absolute atomic E-state index is 12.5. The summed E-state index contributed by atoms with van der Waals surface area (Å²) in [5.41, 5.74) is 2.91. The van der Waals surface area contributed by atoms with Crippen molar-refractivity contribution in [2.75, 3.05) is 11.1 Å². The Balaban J connectivity index is 1.40. The van der Waals surface area contributed by atoms with Crippen LogP contribution < -0.4 is 10.1 Å². The van der Waals surface area contributed by atoms with Crippen LogP contribution in [0.1, 0.15) is 23.4 Å². The molecule has 8 heteroatoms. The Morgan fingerprint density at radius 2 is 1.60 bits per heavy atom. The number of hydrogen-bond donors (Lipinski definition) is 1. The maximum atomic E-state index is 12.5. The second-order valence-corrected chi connectivity index (χ2v) is 8.93. The summed E-state index contributed by atoms with van der Waals surface area (Å²) in [5, 5.41) is 12.0. The highest BCUT2D eigenvalue weighted by Gasteiger charge is 2.17. The Labute approximate surface area is 208 Å². The largest absolute Gasteiger partial charge is 0.486 e. The minimum atomic E-state index is -0.334. The van der Waals surface area contributed by atoms with Crippen molar-refractivity contribution in [3.63, 3.8) is 0 Å². The zero-order valence-corrected chi connectivity index (χ0v) is 20.2. The normalized spacial score (nSPS) is 10.7. The average molecular weight is 487 g/mol. The number of amides is 1. The van der Waals surface area contributed by atoms with Crippen molar-refractivity contribution >= 4 is 29.1 Å². The number of ether oxygens (including phenoxy) is 1. The molecule has 1 N–H and O–H groups in total. The molecule has 0 fully saturated rings. The maximum Gasteiger partial charge on any atom is 0.231 e. The van der Waals surface area contributed by atoms with Crippen LogP contribution in [-0.4, -0.2) is 32.2 Å². The van der Waals surface area contributed by atoms with E-state index in [9.17, 15) is 9.59 Å². The summed E-state index contributed by atoms with van der Waals surface area (Å²) in [6.45, 7) is 2.82. The fraction of sp³-hybridized carbons (Fsp3) is 0.185. The van der Waals surface area contributed by atoms with Gasteiger partial charge in [-0.1, -0.05) is 78.0 Å². The van der Waals surface area contributed by atoms with Crippen molar-refractivity contribution in [1.29, 1.82) is 0 Å². The molecule has 0 bridgehead atoms. The predicted octanol–water partition coefficient (Wildman–Crippen LogP) is 4.90. The van der Waals surface area contributed by atoms with Crippen LogP contribution in [0.2, 0.25) is 0 Å². The van der Waals surface area contributed by atoms with E-state index in [2.05, 4.69) is 15.5 Å². The Morgan fingerprint density at radius 1 is 0.914 bits per heavy atom. The van der Waals surface area contributed by atoms with Gasteiger partial charge in [-0.2, -0.15) is 0 Å². The number of carbonyl (C=O) groups excluding carboxylic acids is 2. The monoisotopic (exact) mass is 486 g/mol. The second-order valence-electron chi connectivity index (χ2n) is 7.99. The van der Waals surface area contributed by atoms with Gasteiger partial charge < -0.3 is 10.1 Å². The topological polar surface area (TPSA) is 86.1 Å². The number of aromatic nitrogens is 3. The number of para-hydroxylation sites is 1. The fourth-order valence-electron chi connectivity index (χ4n) is 3.34. The van der Waals surface area contributed by atoms with E-state index in [1.54, 1.807) is 12.1 Å². The molecule has 0 unspecified atom stereocenters. The molecule has 3 aromatic carbocycles. The van der Waals surface area contributed by atoms with Crippen LogP contribution in [0.3, 0.4) is 0 Å². The first kappa shape index (κ1) is 24.2. The van der Waals surface area contributed by atoms with Gasteiger partial charge in [-0.15, -0.1) is 10.2 Å². The minimum Gasteiger partial charge on any atom is -0.486 e. The number of hydrogen-bond acceptors (Lipinski definition) is 6. The van der Waals surface area contributed by atoms with Crippen LogP contribution in [0.5, 0.6) is 5.75 Å². The molecule has 0 aliphatic rings. The van der Waals surface area contributed by atoms with Crippen LogP contribution >= 0.6 is 11.8 Å². The fourth-order valence-corrected chi connectivity index (χ4v) is 4.16. The van der Waals surface area contributed by atoms with Gasteiger partial charge in [0.15, 0.2) is 16.8 Å². The van der Waals surface area contributed by atoms with Crippen LogP contribution in [0.25, 0.3) is 0 Å². The molecule has 35 heavy (non-hydrogen) atoms. The number of nitrogens with zero attached hydrogens (tertiary/aromatic N) is 3. The molecule has 0 radical (unpaired) electrons. The van der Waals surface area contributed by atoms with Crippen LogP contribution in [0.4, 0.5) is 5.69 Å². The van der Waals surface area contributed by atoms with Crippen molar-refractivity contribution in [2.45, 2.75) is 31.7 Å². The lowest BCUT2D eigenvalue weighted by Crippen LogP contribution is -2.18. The highest BCUT2D eigenvalue weighted by atomic mass is 32.2. The molecule has 4 rings (SSSR count). The van der Waals surface area contributed by atoms with Gasteiger partial charge >= 0.3 is 0 Å². The van der Waals surface area contributed by atoms with Gasteiger partial charge in [0, 0.05) is 5.69 Å². The Hall–Kier alpha value is -3.91. The number of anilines is 1. The third-order valence-corrected chi connectivity index (χ3v) is 6.17. The molecule has 0 atom stereocenters. The van der Waals surface area contributed by atoms with E-state index in [1.165, 1.54) is 11.8 Å². The summed E-state index contributed by atoms with van der Waals surface area (Å²) in [6.07, 6.45) is -0.196. The summed E-state index contributed by atoms with van der Waals surface area (Å²) in [7, 11) is 0. The molecular weight excluding hydrogens is 460 g/mol. The van der Waals surface area contributed by atoms with Crippen molar-refractivity contribution in [1.82, 2.24) is 14.8 Å².